The number of anilines is 6. The molecule has 5 aromatic carbocycles. The van der Waals surface area contributed by atoms with E-state index < -0.39 is 0 Å². The molecule has 174 valence electrons. The van der Waals surface area contributed by atoms with Crippen LogP contribution < -0.4 is 14.5 Å². The van der Waals surface area contributed by atoms with Crippen LogP contribution in [-0.4, -0.2) is 0 Å². The molecule has 36 heavy (non-hydrogen) atoms. The van der Waals surface area contributed by atoms with Crippen LogP contribution in [0.4, 0.5) is 34.1 Å². The summed E-state index contributed by atoms with van der Waals surface area (Å²) in [5.41, 5.74) is 12.1. The Morgan fingerprint density at radius 3 is 1.83 bits per heavy atom. The number of benzene rings is 5. The molecular formula is C33H26N2O. The first-order valence-corrected chi connectivity index (χ1v) is 12.4. The van der Waals surface area contributed by atoms with Crippen LogP contribution in [0.5, 0.6) is 11.5 Å². The van der Waals surface area contributed by atoms with Gasteiger partial charge in [0.25, 0.3) is 0 Å². The molecule has 0 saturated heterocycles. The van der Waals surface area contributed by atoms with E-state index in [1.165, 1.54) is 33.6 Å². The maximum atomic E-state index is 6.27. The molecule has 0 N–H and O–H groups in total. The van der Waals surface area contributed by atoms with E-state index in [1.54, 1.807) is 0 Å². The molecule has 0 radical (unpaired) electrons. The molecule has 0 amide bonds. The summed E-state index contributed by atoms with van der Waals surface area (Å²) in [7, 11) is 0. The smallest absolute Gasteiger partial charge is 0.151 e. The molecule has 0 spiro atoms. The predicted molar refractivity (Wildman–Crippen MR) is 148 cm³/mol. The minimum atomic E-state index is 0.869. The van der Waals surface area contributed by atoms with E-state index in [4.69, 9.17) is 4.74 Å². The van der Waals surface area contributed by atoms with Gasteiger partial charge in [-0.15, -0.1) is 0 Å². The van der Waals surface area contributed by atoms with E-state index in [2.05, 4.69) is 121 Å². The van der Waals surface area contributed by atoms with Gasteiger partial charge in [0.05, 0.1) is 11.4 Å². The van der Waals surface area contributed by atoms with Gasteiger partial charge in [0.15, 0.2) is 11.5 Å². The van der Waals surface area contributed by atoms with Crippen molar-refractivity contribution < 1.29 is 4.74 Å². The number of ether oxygens (including phenoxy) is 1. The van der Waals surface area contributed by atoms with Crippen molar-refractivity contribution in [3.8, 4) is 11.5 Å². The predicted octanol–water partition coefficient (Wildman–Crippen LogP) is 9.25. The second kappa shape index (κ2) is 8.03. The lowest BCUT2D eigenvalue weighted by Crippen LogP contribution is -2.19. The normalized spacial score (nSPS) is 13.3. The summed E-state index contributed by atoms with van der Waals surface area (Å²) in [5.74, 6) is 1.75. The van der Waals surface area contributed by atoms with Crippen molar-refractivity contribution in [3.05, 3.63) is 131 Å². The van der Waals surface area contributed by atoms with E-state index in [-0.39, 0.29) is 0 Å². The molecule has 0 aromatic heterocycles. The number of para-hydroxylation sites is 3. The fraction of sp³-hybridized carbons (Fsp3) is 0.0909. The van der Waals surface area contributed by atoms with Gasteiger partial charge in [0, 0.05) is 29.2 Å². The first-order valence-electron chi connectivity index (χ1n) is 12.4. The lowest BCUT2D eigenvalue weighted by Gasteiger charge is -2.35. The largest absolute Gasteiger partial charge is 0.453 e. The molecule has 0 aliphatic carbocycles. The van der Waals surface area contributed by atoms with Crippen molar-refractivity contribution in [1.29, 1.82) is 0 Å². The van der Waals surface area contributed by atoms with Crippen LogP contribution in [-0.2, 0) is 6.42 Å². The molecule has 3 heteroatoms. The van der Waals surface area contributed by atoms with Crippen LogP contribution in [0.3, 0.4) is 0 Å². The van der Waals surface area contributed by atoms with Crippen molar-refractivity contribution in [3.63, 3.8) is 0 Å². The van der Waals surface area contributed by atoms with Gasteiger partial charge in [0.2, 0.25) is 0 Å². The van der Waals surface area contributed by atoms with E-state index in [0.717, 1.165) is 40.7 Å². The molecular weight excluding hydrogens is 440 g/mol. The minimum Gasteiger partial charge on any atom is -0.453 e. The van der Waals surface area contributed by atoms with E-state index >= 15 is 0 Å². The van der Waals surface area contributed by atoms with Gasteiger partial charge in [-0.25, -0.2) is 0 Å². The third kappa shape index (κ3) is 3.28. The molecule has 5 aromatic rings. The van der Waals surface area contributed by atoms with Crippen LogP contribution in [0.2, 0.25) is 0 Å². The molecule has 2 aliphatic rings. The summed E-state index contributed by atoms with van der Waals surface area (Å²) >= 11 is 0. The Labute approximate surface area is 211 Å². The molecule has 3 nitrogen and oxygen atoms in total. The first-order chi connectivity index (χ1) is 17.7. The minimum absolute atomic E-state index is 0.869. The van der Waals surface area contributed by atoms with Gasteiger partial charge in [0.1, 0.15) is 0 Å². The Morgan fingerprint density at radius 1 is 0.500 bits per heavy atom. The molecule has 0 fully saturated rings. The topological polar surface area (TPSA) is 15.7 Å². The van der Waals surface area contributed by atoms with Gasteiger partial charge < -0.3 is 14.5 Å². The molecule has 0 saturated carbocycles. The number of rotatable bonds is 2. The van der Waals surface area contributed by atoms with E-state index in [1.807, 2.05) is 12.1 Å². The highest BCUT2D eigenvalue weighted by atomic mass is 16.5. The van der Waals surface area contributed by atoms with Gasteiger partial charge >= 0.3 is 0 Å². The van der Waals surface area contributed by atoms with Crippen molar-refractivity contribution in [1.82, 2.24) is 0 Å². The number of nitrogens with zero attached hydrogens (tertiary/aromatic N) is 2. The standard InChI is InChI=1S/C33H26N2O/c1-22-11-17-29-25(19-22)21-24-7-3-4-8-28(24)34(29)26-13-15-27(16-14-26)35-30-9-5-6-10-32(30)36-33-20-23(2)12-18-31(33)35/h3-20H,21H2,1-2H3. The number of hydrogen-bond acceptors (Lipinski definition) is 3. The Bertz CT molecular complexity index is 1500. The highest BCUT2D eigenvalue weighted by molar-refractivity contribution is 5.88. The SMILES string of the molecule is Cc1ccc2c(c1)Cc1ccccc1N2c1ccc(N2c3ccccc3Oc3cc(C)ccc32)cc1. The van der Waals surface area contributed by atoms with Gasteiger partial charge in [-0.2, -0.15) is 0 Å². The Morgan fingerprint density at radius 2 is 1.06 bits per heavy atom. The Balaban J connectivity index is 1.34. The van der Waals surface area contributed by atoms with Gasteiger partial charge in [-0.3, -0.25) is 0 Å². The third-order valence-electron chi connectivity index (χ3n) is 7.14. The monoisotopic (exact) mass is 466 g/mol. The quantitative estimate of drug-likeness (QED) is 0.252. The van der Waals surface area contributed by atoms with Crippen LogP contribution >= 0.6 is 0 Å². The van der Waals surface area contributed by atoms with Gasteiger partial charge in [-0.1, -0.05) is 54.1 Å². The summed E-state index contributed by atoms with van der Waals surface area (Å²) in [6.45, 7) is 4.26. The second-order valence-electron chi connectivity index (χ2n) is 9.67. The Kier molecular flexibility index (Phi) is 4.65. The summed E-state index contributed by atoms with van der Waals surface area (Å²) in [6, 6.07) is 39.0. The average molecular weight is 467 g/mol. The highest BCUT2D eigenvalue weighted by Gasteiger charge is 2.27. The lowest BCUT2D eigenvalue weighted by atomic mass is 9.94. The molecule has 2 heterocycles. The fourth-order valence-corrected chi connectivity index (χ4v) is 5.46. The fourth-order valence-electron chi connectivity index (χ4n) is 5.46. The molecule has 0 atom stereocenters. The number of fused-ring (bicyclic) bond motifs is 4. The van der Waals surface area contributed by atoms with Crippen molar-refractivity contribution >= 4 is 34.1 Å². The Hall–Kier alpha value is -4.50. The second-order valence-corrected chi connectivity index (χ2v) is 9.67. The van der Waals surface area contributed by atoms with E-state index in [9.17, 15) is 0 Å². The molecule has 2 aliphatic heterocycles. The zero-order chi connectivity index (χ0) is 24.2. The number of hydrogen-bond donors (Lipinski definition) is 0. The highest BCUT2D eigenvalue weighted by Crippen LogP contribution is 2.51. The van der Waals surface area contributed by atoms with Gasteiger partial charge in [-0.05, 0) is 91.2 Å². The average Bonchev–Trinajstić information content (AvgIpc) is 2.90. The zero-order valence-electron chi connectivity index (χ0n) is 20.4. The summed E-state index contributed by atoms with van der Waals surface area (Å²) < 4.78 is 6.27. The zero-order valence-corrected chi connectivity index (χ0v) is 20.4. The molecule has 0 unspecified atom stereocenters. The van der Waals surface area contributed by atoms with Crippen LogP contribution in [0, 0.1) is 13.8 Å². The number of aryl methyl sites for hydroxylation is 2. The van der Waals surface area contributed by atoms with E-state index in [0.29, 0.717) is 0 Å². The lowest BCUT2D eigenvalue weighted by molar-refractivity contribution is 0.476. The summed E-state index contributed by atoms with van der Waals surface area (Å²) in [5, 5.41) is 0. The molecule has 0 bridgehead atoms. The molecule has 7 rings (SSSR count). The summed E-state index contributed by atoms with van der Waals surface area (Å²) in [4.78, 5) is 4.68. The van der Waals surface area contributed by atoms with Crippen LogP contribution in [0.25, 0.3) is 0 Å². The van der Waals surface area contributed by atoms with Crippen molar-refractivity contribution in [2.45, 2.75) is 20.3 Å². The van der Waals surface area contributed by atoms with Crippen molar-refractivity contribution in [2.75, 3.05) is 9.80 Å². The summed E-state index contributed by atoms with van der Waals surface area (Å²) in [6.07, 6.45) is 0.961. The maximum absolute atomic E-state index is 6.27. The maximum Gasteiger partial charge on any atom is 0.151 e. The third-order valence-corrected chi connectivity index (χ3v) is 7.14. The van der Waals surface area contributed by atoms with Crippen LogP contribution in [0.1, 0.15) is 22.3 Å². The first kappa shape index (κ1) is 20.8. The van der Waals surface area contributed by atoms with Crippen LogP contribution in [0.15, 0.2) is 109 Å². The van der Waals surface area contributed by atoms with Crippen molar-refractivity contribution in [2.24, 2.45) is 0 Å².